The van der Waals surface area contributed by atoms with E-state index in [4.69, 9.17) is 16.3 Å². The molecule has 0 heterocycles. The maximum Gasteiger partial charge on any atom is 0.262 e. The molecule has 0 aliphatic heterocycles. The maximum atomic E-state index is 13.5. The van der Waals surface area contributed by atoms with Crippen molar-refractivity contribution in [1.82, 2.24) is 0 Å². The fraction of sp³-hybridized carbons (Fsp3) is 0.0667. The van der Waals surface area contributed by atoms with E-state index in [-0.39, 0.29) is 18.0 Å². The van der Waals surface area contributed by atoms with Gasteiger partial charge in [-0.05, 0) is 36.4 Å². The fourth-order valence-electron chi connectivity index (χ4n) is 1.67. The Bertz CT molecular complexity index is 724. The van der Waals surface area contributed by atoms with Crippen LogP contribution < -0.4 is 10.1 Å². The van der Waals surface area contributed by atoms with Crippen molar-refractivity contribution in [2.24, 2.45) is 0 Å². The van der Waals surface area contributed by atoms with E-state index in [1.54, 1.807) is 18.2 Å². The van der Waals surface area contributed by atoms with Crippen LogP contribution in [0.5, 0.6) is 5.75 Å². The predicted octanol–water partition coefficient (Wildman–Crippen LogP) is 4.07. The molecular weight excluding hydrogens is 377 g/mol. The topological polar surface area (TPSA) is 55.4 Å². The lowest BCUT2D eigenvalue weighted by Crippen LogP contribution is -2.21. The zero-order valence-corrected chi connectivity index (χ0v) is 13.4. The average molecular weight is 387 g/mol. The molecule has 0 unspecified atom stereocenters. The second-order valence-electron chi connectivity index (χ2n) is 4.26. The number of hydrogen-bond donors (Lipinski definition) is 1. The second-order valence-corrected chi connectivity index (χ2v) is 5.61. The summed E-state index contributed by atoms with van der Waals surface area (Å²) in [5.41, 5.74) is 0.267. The van der Waals surface area contributed by atoms with Gasteiger partial charge in [-0.25, -0.2) is 4.39 Å². The van der Waals surface area contributed by atoms with Gasteiger partial charge in [-0.3, -0.25) is 9.59 Å². The third-order valence-corrected chi connectivity index (χ3v) is 3.39. The van der Waals surface area contributed by atoms with Gasteiger partial charge in [0.25, 0.3) is 5.91 Å². The Hall–Kier alpha value is -1.92. The van der Waals surface area contributed by atoms with Crippen LogP contribution in [0.4, 0.5) is 10.1 Å². The molecule has 0 aliphatic carbocycles. The van der Waals surface area contributed by atoms with Crippen molar-refractivity contribution >= 4 is 45.4 Å². The Balaban J connectivity index is 2.01. The van der Waals surface area contributed by atoms with Crippen LogP contribution in [0.25, 0.3) is 0 Å². The summed E-state index contributed by atoms with van der Waals surface area (Å²) in [6.07, 6.45) is 0.620. The highest BCUT2D eigenvalue weighted by Crippen LogP contribution is 2.22. The minimum absolute atomic E-state index is 0.0347. The standard InChI is InChI=1S/C15H10BrClFNO3/c16-10-1-4-14(9(5-10)7-20)22-8-15(21)19-13-6-11(17)2-3-12(13)18/h1-7H,8H2,(H,19,21). The van der Waals surface area contributed by atoms with Gasteiger partial charge in [0.2, 0.25) is 0 Å². The van der Waals surface area contributed by atoms with Crippen LogP contribution in [0.1, 0.15) is 10.4 Å². The zero-order chi connectivity index (χ0) is 16.1. The number of carbonyl (C=O) groups excluding carboxylic acids is 2. The van der Waals surface area contributed by atoms with Crippen molar-refractivity contribution < 1.29 is 18.7 Å². The first-order valence-electron chi connectivity index (χ1n) is 6.12. The molecule has 2 aromatic carbocycles. The number of hydrogen-bond acceptors (Lipinski definition) is 3. The van der Waals surface area contributed by atoms with Crippen molar-refractivity contribution in [3.63, 3.8) is 0 Å². The number of amides is 1. The second kappa shape index (κ2) is 7.38. The Morgan fingerprint density at radius 1 is 1.32 bits per heavy atom. The van der Waals surface area contributed by atoms with E-state index in [2.05, 4.69) is 21.2 Å². The maximum absolute atomic E-state index is 13.5. The molecule has 2 rings (SSSR count). The van der Waals surface area contributed by atoms with E-state index in [9.17, 15) is 14.0 Å². The van der Waals surface area contributed by atoms with Crippen molar-refractivity contribution in [3.8, 4) is 5.75 Å². The Morgan fingerprint density at radius 2 is 2.09 bits per heavy atom. The number of anilines is 1. The summed E-state index contributed by atoms with van der Waals surface area (Å²) in [5.74, 6) is -0.907. The summed E-state index contributed by atoms with van der Waals surface area (Å²) in [4.78, 5) is 22.7. The number of nitrogens with one attached hydrogen (secondary N) is 1. The van der Waals surface area contributed by atoms with Gasteiger partial charge in [0.15, 0.2) is 12.9 Å². The number of carbonyl (C=O) groups is 2. The first-order valence-corrected chi connectivity index (χ1v) is 7.29. The Kier molecular flexibility index (Phi) is 5.51. The van der Waals surface area contributed by atoms with Gasteiger partial charge in [0, 0.05) is 9.50 Å². The van der Waals surface area contributed by atoms with Gasteiger partial charge in [-0.1, -0.05) is 27.5 Å². The highest BCUT2D eigenvalue weighted by Gasteiger charge is 2.10. The molecule has 0 bridgehead atoms. The molecule has 0 spiro atoms. The largest absolute Gasteiger partial charge is 0.483 e. The first-order chi connectivity index (χ1) is 10.5. The molecule has 0 saturated heterocycles. The highest BCUT2D eigenvalue weighted by molar-refractivity contribution is 9.10. The molecule has 114 valence electrons. The number of ether oxygens (including phenoxy) is 1. The summed E-state index contributed by atoms with van der Waals surface area (Å²) >= 11 is 8.96. The molecule has 0 aliphatic rings. The van der Waals surface area contributed by atoms with Crippen LogP contribution >= 0.6 is 27.5 Å². The monoisotopic (exact) mass is 385 g/mol. The zero-order valence-electron chi connectivity index (χ0n) is 11.1. The van der Waals surface area contributed by atoms with Crippen LogP contribution in [0.2, 0.25) is 5.02 Å². The van der Waals surface area contributed by atoms with Gasteiger partial charge < -0.3 is 10.1 Å². The number of aldehydes is 1. The van der Waals surface area contributed by atoms with Crippen LogP contribution in [0.15, 0.2) is 40.9 Å². The number of halogens is 3. The minimum Gasteiger partial charge on any atom is -0.483 e. The van der Waals surface area contributed by atoms with Gasteiger partial charge in [0.1, 0.15) is 11.6 Å². The quantitative estimate of drug-likeness (QED) is 0.788. The van der Waals surface area contributed by atoms with Crippen LogP contribution in [0, 0.1) is 5.82 Å². The van der Waals surface area contributed by atoms with Crippen LogP contribution in [-0.2, 0) is 4.79 Å². The summed E-state index contributed by atoms with van der Waals surface area (Å²) < 4.78 is 19.5. The average Bonchev–Trinajstić information content (AvgIpc) is 2.49. The molecule has 1 N–H and O–H groups in total. The van der Waals surface area contributed by atoms with Gasteiger partial charge in [-0.2, -0.15) is 0 Å². The molecule has 4 nitrogen and oxygen atoms in total. The molecule has 0 fully saturated rings. The summed E-state index contributed by atoms with van der Waals surface area (Å²) in [6, 6.07) is 8.62. The van der Waals surface area contributed by atoms with E-state index in [1.165, 1.54) is 12.1 Å². The van der Waals surface area contributed by atoms with Gasteiger partial charge >= 0.3 is 0 Å². The Labute approximate surface area is 139 Å². The molecule has 0 aromatic heterocycles. The summed E-state index contributed by atoms with van der Waals surface area (Å²) in [5, 5.41) is 2.65. The smallest absolute Gasteiger partial charge is 0.262 e. The third-order valence-electron chi connectivity index (χ3n) is 2.66. The van der Waals surface area contributed by atoms with Crippen LogP contribution in [-0.4, -0.2) is 18.8 Å². The lowest BCUT2D eigenvalue weighted by Gasteiger charge is -2.10. The van der Waals surface area contributed by atoms with Crippen molar-refractivity contribution in [2.75, 3.05) is 11.9 Å². The van der Waals surface area contributed by atoms with Crippen LogP contribution in [0.3, 0.4) is 0 Å². The highest BCUT2D eigenvalue weighted by atomic mass is 79.9. The van der Waals surface area contributed by atoms with Gasteiger partial charge in [-0.15, -0.1) is 0 Å². The van der Waals surface area contributed by atoms with E-state index < -0.39 is 11.7 Å². The molecule has 22 heavy (non-hydrogen) atoms. The molecule has 0 atom stereocenters. The number of benzene rings is 2. The van der Waals surface area contributed by atoms with E-state index in [1.807, 2.05) is 0 Å². The lowest BCUT2D eigenvalue weighted by atomic mass is 10.2. The normalized spacial score (nSPS) is 10.1. The summed E-state index contributed by atoms with van der Waals surface area (Å²) in [7, 11) is 0. The molecule has 1 amide bonds. The summed E-state index contributed by atoms with van der Waals surface area (Å²) in [6.45, 7) is -0.367. The molecule has 0 saturated carbocycles. The number of rotatable bonds is 5. The molecule has 7 heteroatoms. The fourth-order valence-corrected chi connectivity index (χ4v) is 2.22. The molecule has 2 aromatic rings. The minimum atomic E-state index is -0.602. The lowest BCUT2D eigenvalue weighted by molar-refractivity contribution is -0.118. The Morgan fingerprint density at radius 3 is 2.82 bits per heavy atom. The van der Waals surface area contributed by atoms with E-state index in [0.29, 0.717) is 21.3 Å². The third kappa shape index (κ3) is 4.29. The van der Waals surface area contributed by atoms with Crippen molar-refractivity contribution in [3.05, 3.63) is 57.3 Å². The predicted molar refractivity (Wildman–Crippen MR) is 85.1 cm³/mol. The van der Waals surface area contributed by atoms with Gasteiger partial charge in [0.05, 0.1) is 11.3 Å². The van der Waals surface area contributed by atoms with E-state index >= 15 is 0 Å². The first kappa shape index (κ1) is 16.5. The van der Waals surface area contributed by atoms with E-state index in [0.717, 1.165) is 6.07 Å². The SMILES string of the molecule is O=Cc1cc(Br)ccc1OCC(=O)Nc1cc(Cl)ccc1F. The molecular formula is C15H10BrClFNO3. The van der Waals surface area contributed by atoms with Crippen molar-refractivity contribution in [1.29, 1.82) is 0 Å². The van der Waals surface area contributed by atoms with Crippen molar-refractivity contribution in [2.45, 2.75) is 0 Å². The molecule has 0 radical (unpaired) electrons.